The van der Waals surface area contributed by atoms with Crippen LogP contribution in [-0.4, -0.2) is 18.1 Å². The van der Waals surface area contributed by atoms with Crippen LogP contribution in [0.2, 0.25) is 0 Å². The Labute approximate surface area is 85.7 Å². The minimum absolute atomic E-state index is 0.818. The molecule has 1 aromatic heterocycles. The fourth-order valence-corrected chi connectivity index (χ4v) is 2.13. The van der Waals surface area contributed by atoms with E-state index >= 15 is 0 Å². The molecule has 1 aliphatic rings. The van der Waals surface area contributed by atoms with Crippen molar-refractivity contribution in [3.8, 4) is 0 Å². The molecule has 0 aliphatic carbocycles. The van der Waals surface area contributed by atoms with Gasteiger partial charge in [-0.15, -0.1) is 0 Å². The van der Waals surface area contributed by atoms with Crippen molar-refractivity contribution in [1.82, 2.24) is 10.3 Å². The van der Waals surface area contributed by atoms with Gasteiger partial charge in [0.2, 0.25) is 0 Å². The lowest BCUT2D eigenvalue weighted by atomic mass is 9.98. The average molecular weight is 190 g/mol. The number of nitrogens with zero attached hydrogens (tertiary/aromatic N) is 1. The highest BCUT2D eigenvalue weighted by atomic mass is 14.9. The maximum Gasteiger partial charge on any atom is 0.0407 e. The molecule has 1 N–H and O–H groups in total. The van der Waals surface area contributed by atoms with Crippen LogP contribution in [0.3, 0.4) is 0 Å². The van der Waals surface area contributed by atoms with Crippen molar-refractivity contribution in [2.45, 2.75) is 26.7 Å². The van der Waals surface area contributed by atoms with E-state index in [4.69, 9.17) is 0 Å². The quantitative estimate of drug-likeness (QED) is 0.770. The average Bonchev–Trinajstić information content (AvgIpc) is 2.62. The van der Waals surface area contributed by atoms with Crippen molar-refractivity contribution >= 4 is 0 Å². The van der Waals surface area contributed by atoms with E-state index < -0.39 is 0 Å². The fourth-order valence-electron chi connectivity index (χ4n) is 2.13. The van der Waals surface area contributed by atoms with Crippen molar-refractivity contribution in [2.75, 3.05) is 13.1 Å². The SMILES string of the molecule is Cc1ccc(CC2CCNC2)c(C)n1. The van der Waals surface area contributed by atoms with Crippen LogP contribution in [-0.2, 0) is 6.42 Å². The first-order valence-corrected chi connectivity index (χ1v) is 5.39. The zero-order valence-corrected chi connectivity index (χ0v) is 9.01. The molecule has 1 atom stereocenters. The van der Waals surface area contributed by atoms with Crippen molar-refractivity contribution < 1.29 is 0 Å². The van der Waals surface area contributed by atoms with Gasteiger partial charge in [-0.25, -0.2) is 0 Å². The van der Waals surface area contributed by atoms with Gasteiger partial charge in [-0.3, -0.25) is 4.98 Å². The van der Waals surface area contributed by atoms with Gasteiger partial charge in [0.1, 0.15) is 0 Å². The molecule has 76 valence electrons. The Morgan fingerprint density at radius 1 is 1.43 bits per heavy atom. The smallest absolute Gasteiger partial charge is 0.0407 e. The topological polar surface area (TPSA) is 24.9 Å². The van der Waals surface area contributed by atoms with E-state index in [0.29, 0.717) is 0 Å². The van der Waals surface area contributed by atoms with E-state index in [9.17, 15) is 0 Å². The number of nitrogens with one attached hydrogen (secondary N) is 1. The maximum absolute atomic E-state index is 4.50. The highest BCUT2D eigenvalue weighted by Gasteiger charge is 2.15. The molecule has 1 saturated heterocycles. The molecule has 0 amide bonds. The second kappa shape index (κ2) is 4.09. The molecule has 0 bridgehead atoms. The molecular formula is C12H18N2. The molecule has 1 fully saturated rings. The minimum Gasteiger partial charge on any atom is -0.316 e. The fraction of sp³-hybridized carbons (Fsp3) is 0.583. The van der Waals surface area contributed by atoms with E-state index in [-0.39, 0.29) is 0 Å². The van der Waals surface area contributed by atoms with Crippen LogP contribution in [0.15, 0.2) is 12.1 Å². The molecular weight excluding hydrogens is 172 g/mol. The van der Waals surface area contributed by atoms with Crippen molar-refractivity contribution in [1.29, 1.82) is 0 Å². The molecule has 2 heterocycles. The first kappa shape index (κ1) is 9.66. The Balaban J connectivity index is 2.08. The monoisotopic (exact) mass is 190 g/mol. The number of aromatic nitrogens is 1. The van der Waals surface area contributed by atoms with E-state index in [1.54, 1.807) is 0 Å². The summed E-state index contributed by atoms with van der Waals surface area (Å²) in [6, 6.07) is 4.35. The predicted octanol–water partition coefficient (Wildman–Crippen LogP) is 1.85. The summed E-state index contributed by atoms with van der Waals surface area (Å²) in [5.41, 5.74) is 3.75. The first-order chi connectivity index (χ1) is 6.75. The molecule has 2 nitrogen and oxygen atoms in total. The summed E-state index contributed by atoms with van der Waals surface area (Å²) in [6.45, 7) is 6.52. The van der Waals surface area contributed by atoms with Gasteiger partial charge in [0.25, 0.3) is 0 Å². The summed E-state index contributed by atoms with van der Waals surface area (Å²) in [4.78, 5) is 4.50. The summed E-state index contributed by atoms with van der Waals surface area (Å²) < 4.78 is 0. The Bertz CT molecular complexity index is 314. The Morgan fingerprint density at radius 3 is 2.93 bits per heavy atom. The lowest BCUT2D eigenvalue weighted by Gasteiger charge is -2.10. The summed E-state index contributed by atoms with van der Waals surface area (Å²) in [7, 11) is 0. The summed E-state index contributed by atoms with van der Waals surface area (Å²) in [6.07, 6.45) is 2.50. The molecule has 0 spiro atoms. The van der Waals surface area contributed by atoms with Crippen LogP contribution < -0.4 is 5.32 Å². The van der Waals surface area contributed by atoms with Gasteiger partial charge in [0, 0.05) is 11.4 Å². The normalized spacial score (nSPS) is 21.4. The first-order valence-electron chi connectivity index (χ1n) is 5.39. The zero-order chi connectivity index (χ0) is 9.97. The Kier molecular flexibility index (Phi) is 2.82. The highest BCUT2D eigenvalue weighted by molar-refractivity contribution is 5.22. The van der Waals surface area contributed by atoms with Crippen LogP contribution in [0.4, 0.5) is 0 Å². The van der Waals surface area contributed by atoms with Crippen LogP contribution in [0.5, 0.6) is 0 Å². The number of pyridine rings is 1. The van der Waals surface area contributed by atoms with Gasteiger partial charge in [0.05, 0.1) is 0 Å². The zero-order valence-electron chi connectivity index (χ0n) is 9.01. The van der Waals surface area contributed by atoms with Crippen LogP contribution in [0.1, 0.15) is 23.4 Å². The molecule has 2 rings (SSSR count). The summed E-state index contributed by atoms with van der Waals surface area (Å²) in [5, 5.41) is 3.40. The van der Waals surface area contributed by atoms with Crippen molar-refractivity contribution in [2.24, 2.45) is 5.92 Å². The van der Waals surface area contributed by atoms with Crippen LogP contribution in [0, 0.1) is 19.8 Å². The van der Waals surface area contributed by atoms with Crippen LogP contribution in [0.25, 0.3) is 0 Å². The highest BCUT2D eigenvalue weighted by Crippen LogP contribution is 2.17. The van der Waals surface area contributed by atoms with E-state index in [2.05, 4.69) is 29.4 Å². The second-order valence-corrected chi connectivity index (χ2v) is 4.26. The molecule has 1 unspecified atom stereocenters. The molecule has 0 radical (unpaired) electrons. The molecule has 1 aliphatic heterocycles. The minimum atomic E-state index is 0.818. The third kappa shape index (κ3) is 2.13. The molecule has 14 heavy (non-hydrogen) atoms. The maximum atomic E-state index is 4.50. The number of hydrogen-bond donors (Lipinski definition) is 1. The van der Waals surface area contributed by atoms with Crippen LogP contribution >= 0.6 is 0 Å². The van der Waals surface area contributed by atoms with E-state index in [0.717, 1.165) is 11.6 Å². The molecule has 0 aromatic carbocycles. The summed E-state index contributed by atoms with van der Waals surface area (Å²) in [5.74, 6) is 0.818. The number of aryl methyl sites for hydroxylation is 2. The molecule has 2 heteroatoms. The number of rotatable bonds is 2. The third-order valence-corrected chi connectivity index (χ3v) is 3.01. The largest absolute Gasteiger partial charge is 0.316 e. The molecule has 1 aromatic rings. The van der Waals surface area contributed by atoms with Crippen molar-refractivity contribution in [3.05, 3.63) is 29.1 Å². The van der Waals surface area contributed by atoms with Crippen molar-refractivity contribution in [3.63, 3.8) is 0 Å². The van der Waals surface area contributed by atoms with Gasteiger partial charge in [0.15, 0.2) is 0 Å². The van der Waals surface area contributed by atoms with Gasteiger partial charge < -0.3 is 5.32 Å². The lowest BCUT2D eigenvalue weighted by molar-refractivity contribution is 0.577. The second-order valence-electron chi connectivity index (χ2n) is 4.26. The van der Waals surface area contributed by atoms with Gasteiger partial charge in [-0.05, 0) is 57.3 Å². The Morgan fingerprint density at radius 2 is 2.29 bits per heavy atom. The van der Waals surface area contributed by atoms with Gasteiger partial charge >= 0.3 is 0 Å². The third-order valence-electron chi connectivity index (χ3n) is 3.01. The Hall–Kier alpha value is -0.890. The van der Waals surface area contributed by atoms with E-state index in [1.165, 1.54) is 37.2 Å². The van der Waals surface area contributed by atoms with Gasteiger partial charge in [-0.2, -0.15) is 0 Å². The van der Waals surface area contributed by atoms with Gasteiger partial charge in [-0.1, -0.05) is 6.07 Å². The summed E-state index contributed by atoms with van der Waals surface area (Å²) >= 11 is 0. The molecule has 0 saturated carbocycles. The predicted molar refractivity (Wildman–Crippen MR) is 58.4 cm³/mol. The lowest BCUT2D eigenvalue weighted by Crippen LogP contribution is -2.11. The van der Waals surface area contributed by atoms with E-state index in [1.807, 2.05) is 6.92 Å². The standard InChI is InChI=1S/C12H18N2/c1-9-3-4-12(10(2)14-9)7-11-5-6-13-8-11/h3-4,11,13H,5-8H2,1-2H3. The number of hydrogen-bond acceptors (Lipinski definition) is 2.